The van der Waals surface area contributed by atoms with Crippen LogP contribution in [-0.4, -0.2) is 34.8 Å². The predicted octanol–water partition coefficient (Wildman–Crippen LogP) is 1.85. The van der Waals surface area contributed by atoms with Crippen molar-refractivity contribution in [2.45, 2.75) is 0 Å². The number of nitrogen functional groups attached to an aromatic ring is 1. The number of hydrogen-bond acceptors (Lipinski definition) is 6. The van der Waals surface area contributed by atoms with Gasteiger partial charge in [-0.25, -0.2) is 14.8 Å². The highest BCUT2D eigenvalue weighted by Gasteiger charge is 2.16. The molecular weight excluding hydrogens is 298 g/mol. The quantitative estimate of drug-likeness (QED) is 0.811. The zero-order chi connectivity index (χ0) is 15.4. The van der Waals surface area contributed by atoms with E-state index in [2.05, 4.69) is 9.97 Å². The van der Waals surface area contributed by atoms with Gasteiger partial charge in [0.1, 0.15) is 16.7 Å². The first-order valence-corrected chi connectivity index (χ1v) is 6.21. The van der Waals surface area contributed by atoms with Crippen LogP contribution in [0.1, 0.15) is 0 Å². The van der Waals surface area contributed by atoms with Crippen LogP contribution < -0.4 is 15.2 Å². The summed E-state index contributed by atoms with van der Waals surface area (Å²) in [6.45, 7) is -0.492. The molecule has 2 aromatic rings. The van der Waals surface area contributed by atoms with E-state index in [0.717, 1.165) is 0 Å². The molecule has 8 heteroatoms. The van der Waals surface area contributed by atoms with Gasteiger partial charge in [0.25, 0.3) is 0 Å². The number of ether oxygens (including phenoxy) is 2. The lowest BCUT2D eigenvalue weighted by atomic mass is 10.1. The molecule has 110 valence electrons. The molecule has 0 amide bonds. The minimum Gasteiger partial charge on any atom is -0.496 e. The van der Waals surface area contributed by atoms with Crippen LogP contribution >= 0.6 is 11.6 Å². The molecule has 0 saturated carbocycles. The summed E-state index contributed by atoms with van der Waals surface area (Å²) in [6, 6.07) is 6.46. The Kier molecular flexibility index (Phi) is 4.44. The molecule has 0 aliphatic heterocycles. The fourth-order valence-corrected chi connectivity index (χ4v) is 1.95. The van der Waals surface area contributed by atoms with Crippen molar-refractivity contribution in [2.75, 3.05) is 19.5 Å². The summed E-state index contributed by atoms with van der Waals surface area (Å²) in [6.07, 6.45) is 0. The fourth-order valence-electron chi connectivity index (χ4n) is 1.76. The van der Waals surface area contributed by atoms with Crippen molar-refractivity contribution in [1.29, 1.82) is 0 Å². The third-order valence-corrected chi connectivity index (χ3v) is 2.72. The molecule has 0 bridgehead atoms. The number of rotatable bonds is 5. The number of aromatic nitrogens is 2. The first-order chi connectivity index (χ1) is 10.0. The van der Waals surface area contributed by atoms with E-state index < -0.39 is 12.6 Å². The van der Waals surface area contributed by atoms with Gasteiger partial charge in [-0.15, -0.1) is 0 Å². The van der Waals surface area contributed by atoms with Gasteiger partial charge in [-0.2, -0.15) is 0 Å². The standard InChI is InChI=1S/C13H12ClN3O4/c1-20-8-3-2-4-9(21-6-11(18)19)12(8)7-5-10(14)17-13(15)16-7/h2-5H,6H2,1H3,(H,18,19)(H2,15,16,17). The van der Waals surface area contributed by atoms with Crippen LogP contribution in [-0.2, 0) is 4.79 Å². The Labute approximate surface area is 125 Å². The lowest BCUT2D eigenvalue weighted by molar-refractivity contribution is -0.139. The average molecular weight is 310 g/mol. The fraction of sp³-hybridized carbons (Fsp3) is 0.154. The second-order valence-electron chi connectivity index (χ2n) is 3.95. The molecule has 0 atom stereocenters. The van der Waals surface area contributed by atoms with Crippen LogP contribution in [0.4, 0.5) is 5.95 Å². The number of nitrogens with zero attached hydrogens (tertiary/aromatic N) is 2. The van der Waals surface area contributed by atoms with Crippen molar-refractivity contribution in [2.24, 2.45) is 0 Å². The highest BCUT2D eigenvalue weighted by atomic mass is 35.5. The van der Waals surface area contributed by atoms with Gasteiger partial charge in [-0.3, -0.25) is 0 Å². The summed E-state index contributed by atoms with van der Waals surface area (Å²) in [5, 5.41) is 8.89. The van der Waals surface area contributed by atoms with Crippen molar-refractivity contribution in [3.8, 4) is 22.8 Å². The number of hydrogen-bond donors (Lipinski definition) is 2. The van der Waals surface area contributed by atoms with Gasteiger partial charge in [0.2, 0.25) is 5.95 Å². The summed E-state index contributed by atoms with van der Waals surface area (Å²) in [5.74, 6) is -0.352. The Bertz CT molecular complexity index is 658. The molecule has 2 rings (SSSR count). The Hall–Kier alpha value is -2.54. The van der Waals surface area contributed by atoms with E-state index in [1.54, 1.807) is 18.2 Å². The number of carboxylic acid groups (broad SMARTS) is 1. The smallest absolute Gasteiger partial charge is 0.341 e. The summed E-state index contributed by atoms with van der Waals surface area (Å²) in [4.78, 5) is 18.5. The van der Waals surface area contributed by atoms with E-state index >= 15 is 0 Å². The average Bonchev–Trinajstić information content (AvgIpc) is 2.43. The molecule has 0 radical (unpaired) electrons. The van der Waals surface area contributed by atoms with Gasteiger partial charge >= 0.3 is 5.97 Å². The molecule has 0 aliphatic carbocycles. The Balaban J connectivity index is 2.55. The molecule has 0 unspecified atom stereocenters. The van der Waals surface area contributed by atoms with Gasteiger partial charge < -0.3 is 20.3 Å². The first kappa shape index (κ1) is 14.9. The van der Waals surface area contributed by atoms with Crippen molar-refractivity contribution < 1.29 is 19.4 Å². The summed E-state index contributed by atoms with van der Waals surface area (Å²) in [5.41, 5.74) is 6.41. The monoisotopic (exact) mass is 309 g/mol. The highest BCUT2D eigenvalue weighted by molar-refractivity contribution is 6.29. The SMILES string of the molecule is COc1cccc(OCC(=O)O)c1-c1cc(Cl)nc(N)n1. The van der Waals surface area contributed by atoms with Gasteiger partial charge in [0, 0.05) is 6.07 Å². The van der Waals surface area contributed by atoms with Crippen molar-refractivity contribution in [3.05, 3.63) is 29.4 Å². The maximum absolute atomic E-state index is 10.7. The van der Waals surface area contributed by atoms with E-state index in [0.29, 0.717) is 22.8 Å². The van der Waals surface area contributed by atoms with Gasteiger partial charge in [-0.1, -0.05) is 17.7 Å². The van der Waals surface area contributed by atoms with E-state index in [4.69, 9.17) is 31.9 Å². The third kappa shape index (κ3) is 3.51. The number of anilines is 1. The summed E-state index contributed by atoms with van der Waals surface area (Å²) in [7, 11) is 1.48. The van der Waals surface area contributed by atoms with Crippen molar-refractivity contribution in [1.82, 2.24) is 9.97 Å². The van der Waals surface area contributed by atoms with Crippen LogP contribution in [0.3, 0.4) is 0 Å². The lowest BCUT2D eigenvalue weighted by Crippen LogP contribution is -2.10. The number of halogens is 1. The van der Waals surface area contributed by atoms with Crippen molar-refractivity contribution in [3.63, 3.8) is 0 Å². The molecule has 1 aromatic heterocycles. The third-order valence-electron chi connectivity index (χ3n) is 2.53. The van der Waals surface area contributed by atoms with Gasteiger partial charge in [0.15, 0.2) is 6.61 Å². The topological polar surface area (TPSA) is 108 Å². The number of carbonyl (C=O) groups is 1. The van der Waals surface area contributed by atoms with Gasteiger partial charge in [-0.05, 0) is 12.1 Å². The Morgan fingerprint density at radius 3 is 2.71 bits per heavy atom. The Morgan fingerprint density at radius 2 is 2.10 bits per heavy atom. The van der Waals surface area contributed by atoms with Crippen LogP contribution in [0.15, 0.2) is 24.3 Å². The molecule has 0 saturated heterocycles. The number of carboxylic acids is 1. The van der Waals surface area contributed by atoms with E-state index in [-0.39, 0.29) is 11.1 Å². The molecule has 1 heterocycles. The van der Waals surface area contributed by atoms with Crippen LogP contribution in [0.25, 0.3) is 11.3 Å². The molecule has 21 heavy (non-hydrogen) atoms. The van der Waals surface area contributed by atoms with Crippen LogP contribution in [0.5, 0.6) is 11.5 Å². The number of benzene rings is 1. The highest BCUT2D eigenvalue weighted by Crippen LogP contribution is 2.38. The van der Waals surface area contributed by atoms with Gasteiger partial charge in [0.05, 0.1) is 18.4 Å². The second kappa shape index (κ2) is 6.27. The largest absolute Gasteiger partial charge is 0.496 e. The normalized spacial score (nSPS) is 10.2. The van der Waals surface area contributed by atoms with E-state index in [1.807, 2.05) is 0 Å². The zero-order valence-electron chi connectivity index (χ0n) is 11.0. The molecule has 7 nitrogen and oxygen atoms in total. The Morgan fingerprint density at radius 1 is 1.38 bits per heavy atom. The van der Waals surface area contributed by atoms with Crippen molar-refractivity contribution >= 4 is 23.5 Å². The molecule has 0 spiro atoms. The minimum atomic E-state index is -1.09. The maximum atomic E-state index is 10.7. The minimum absolute atomic E-state index is 0.00686. The molecule has 3 N–H and O–H groups in total. The van der Waals surface area contributed by atoms with Crippen LogP contribution in [0, 0.1) is 0 Å². The molecule has 1 aromatic carbocycles. The first-order valence-electron chi connectivity index (χ1n) is 5.83. The maximum Gasteiger partial charge on any atom is 0.341 e. The number of aliphatic carboxylic acids is 1. The number of nitrogens with two attached hydrogens (primary N) is 1. The van der Waals surface area contributed by atoms with E-state index in [9.17, 15) is 4.79 Å². The summed E-state index contributed by atoms with van der Waals surface area (Å²) >= 11 is 5.87. The predicted molar refractivity (Wildman–Crippen MR) is 76.6 cm³/mol. The molecule has 0 fully saturated rings. The summed E-state index contributed by atoms with van der Waals surface area (Å²) < 4.78 is 10.5. The van der Waals surface area contributed by atoms with E-state index in [1.165, 1.54) is 13.2 Å². The van der Waals surface area contributed by atoms with Crippen LogP contribution in [0.2, 0.25) is 5.15 Å². The number of methoxy groups -OCH3 is 1. The molecular formula is C13H12ClN3O4. The lowest BCUT2D eigenvalue weighted by Gasteiger charge is -2.13. The second-order valence-corrected chi connectivity index (χ2v) is 4.34. The molecule has 0 aliphatic rings. The zero-order valence-corrected chi connectivity index (χ0v) is 11.8.